The van der Waals surface area contributed by atoms with Crippen LogP contribution < -0.4 is 4.74 Å². The molecule has 5 nitrogen and oxygen atoms in total. The molecule has 0 fully saturated rings. The maximum atomic E-state index is 12.5. The number of aromatic nitrogens is 1. The molecule has 1 aliphatic rings. The smallest absolute Gasteiger partial charge is 0.326 e. The summed E-state index contributed by atoms with van der Waals surface area (Å²) in [6, 6.07) is 15.1. The van der Waals surface area contributed by atoms with Crippen molar-refractivity contribution in [2.24, 2.45) is 5.92 Å². The molecule has 0 radical (unpaired) electrons. The lowest BCUT2D eigenvalue weighted by atomic mass is 9.78. The lowest BCUT2D eigenvalue weighted by Crippen LogP contribution is -2.38. The molecule has 0 spiro atoms. The van der Waals surface area contributed by atoms with Crippen molar-refractivity contribution < 1.29 is 19.1 Å². The summed E-state index contributed by atoms with van der Waals surface area (Å²) in [6.45, 7) is 0. The quantitative estimate of drug-likeness (QED) is 0.447. The van der Waals surface area contributed by atoms with E-state index in [2.05, 4.69) is 4.98 Å². The third kappa shape index (κ3) is 2.09. The molecule has 0 amide bonds. The highest BCUT2D eigenvalue weighted by Crippen LogP contribution is 2.44. The number of H-pyrrole nitrogens is 1. The second-order valence-electron chi connectivity index (χ2n) is 5.73. The van der Waals surface area contributed by atoms with Crippen LogP contribution in [0.3, 0.4) is 0 Å². The van der Waals surface area contributed by atoms with Crippen molar-refractivity contribution in [3.05, 3.63) is 65.9 Å². The predicted molar refractivity (Wildman–Crippen MR) is 87.7 cm³/mol. The van der Waals surface area contributed by atoms with Gasteiger partial charge in [0.15, 0.2) is 5.92 Å². The van der Waals surface area contributed by atoms with E-state index >= 15 is 0 Å². The molecule has 2 atom stereocenters. The molecule has 0 saturated carbocycles. The van der Waals surface area contributed by atoms with Crippen LogP contribution in [-0.2, 0) is 14.3 Å². The van der Waals surface area contributed by atoms with E-state index in [4.69, 9.17) is 9.47 Å². The van der Waals surface area contributed by atoms with Crippen LogP contribution in [0.15, 0.2) is 54.7 Å². The minimum Gasteiger partial charge on any atom is -0.468 e. The topological polar surface area (TPSA) is 68.4 Å². The van der Waals surface area contributed by atoms with Crippen LogP contribution in [-0.4, -0.2) is 24.0 Å². The average Bonchev–Trinajstić information content (AvgIpc) is 3.03. The number of carbonyl (C=O) groups excluding carboxylic acids is 2. The van der Waals surface area contributed by atoms with Gasteiger partial charge in [0.2, 0.25) is 0 Å². The first kappa shape index (κ1) is 14.5. The Hall–Kier alpha value is -3.08. The molecule has 1 N–H and O–H groups in total. The molecule has 120 valence electrons. The highest BCUT2D eigenvalue weighted by Gasteiger charge is 2.45. The summed E-state index contributed by atoms with van der Waals surface area (Å²) < 4.78 is 10.2. The van der Waals surface area contributed by atoms with Gasteiger partial charge in [-0.2, -0.15) is 0 Å². The standard InChI is InChI=1S/C19H15NO4/c1-23-18(21)17-16(12-7-3-5-9-15(12)24-19(17)22)13-10-20-14-8-4-2-6-11(13)14/h2-10,16-17,20H,1H3/t16-,17+/m1/s1. The Bertz CT molecular complexity index is 943. The van der Waals surface area contributed by atoms with E-state index < -0.39 is 23.8 Å². The molecule has 0 unspecified atom stereocenters. The van der Waals surface area contributed by atoms with E-state index in [-0.39, 0.29) is 0 Å². The van der Waals surface area contributed by atoms with Crippen LogP contribution in [0.5, 0.6) is 5.75 Å². The summed E-state index contributed by atoms with van der Waals surface area (Å²) in [4.78, 5) is 28.0. The Labute approximate surface area is 138 Å². The number of hydrogen-bond donors (Lipinski definition) is 1. The molecule has 2 heterocycles. The second-order valence-corrected chi connectivity index (χ2v) is 5.73. The zero-order chi connectivity index (χ0) is 16.7. The number of ether oxygens (including phenoxy) is 2. The largest absolute Gasteiger partial charge is 0.468 e. The molecule has 0 saturated heterocycles. The van der Waals surface area contributed by atoms with Gasteiger partial charge in [-0.1, -0.05) is 36.4 Å². The number of esters is 2. The summed E-state index contributed by atoms with van der Waals surface area (Å²) in [6.07, 6.45) is 1.85. The molecule has 1 aliphatic heterocycles. The first-order chi connectivity index (χ1) is 11.7. The van der Waals surface area contributed by atoms with Crippen molar-refractivity contribution in [1.82, 2.24) is 4.98 Å². The number of aromatic amines is 1. The predicted octanol–water partition coefficient (Wildman–Crippen LogP) is 3.01. The zero-order valence-electron chi connectivity index (χ0n) is 13.0. The van der Waals surface area contributed by atoms with Crippen molar-refractivity contribution in [2.75, 3.05) is 7.11 Å². The Balaban J connectivity index is 1.97. The summed E-state index contributed by atoms with van der Waals surface area (Å²) in [5.41, 5.74) is 2.63. The van der Waals surface area contributed by atoms with Crippen LogP contribution in [0.1, 0.15) is 17.0 Å². The van der Waals surface area contributed by atoms with E-state index in [1.165, 1.54) is 7.11 Å². The van der Waals surface area contributed by atoms with Gasteiger partial charge in [-0.05, 0) is 17.7 Å². The fraction of sp³-hybridized carbons (Fsp3) is 0.158. The van der Waals surface area contributed by atoms with Crippen molar-refractivity contribution in [3.63, 3.8) is 0 Å². The third-order valence-corrected chi connectivity index (χ3v) is 4.46. The van der Waals surface area contributed by atoms with Crippen molar-refractivity contribution in [2.45, 2.75) is 5.92 Å². The highest BCUT2D eigenvalue weighted by atomic mass is 16.6. The molecule has 0 bridgehead atoms. The van der Waals surface area contributed by atoms with Crippen molar-refractivity contribution in [1.29, 1.82) is 0 Å². The summed E-state index contributed by atoms with van der Waals surface area (Å²) in [5.74, 6) is -2.17. The van der Waals surface area contributed by atoms with E-state index in [9.17, 15) is 9.59 Å². The molecular weight excluding hydrogens is 306 g/mol. The van der Waals surface area contributed by atoms with E-state index in [1.807, 2.05) is 42.6 Å². The summed E-state index contributed by atoms with van der Waals surface area (Å²) in [5, 5.41) is 0.973. The monoisotopic (exact) mass is 321 g/mol. The van der Waals surface area contributed by atoms with Crippen LogP contribution >= 0.6 is 0 Å². The summed E-state index contributed by atoms with van der Waals surface area (Å²) in [7, 11) is 1.28. The lowest BCUT2D eigenvalue weighted by Gasteiger charge is -2.30. The van der Waals surface area contributed by atoms with Crippen LogP contribution in [0.2, 0.25) is 0 Å². The Morgan fingerprint density at radius 1 is 1.08 bits per heavy atom. The number of carbonyl (C=O) groups is 2. The fourth-order valence-corrected chi connectivity index (χ4v) is 3.38. The van der Waals surface area contributed by atoms with Gasteiger partial charge in [0.25, 0.3) is 0 Å². The fourth-order valence-electron chi connectivity index (χ4n) is 3.38. The Kier molecular flexibility index (Phi) is 3.34. The van der Waals surface area contributed by atoms with Gasteiger partial charge < -0.3 is 14.5 Å². The molecular formula is C19H15NO4. The molecule has 2 aromatic carbocycles. The zero-order valence-corrected chi connectivity index (χ0v) is 13.0. The van der Waals surface area contributed by atoms with Crippen molar-refractivity contribution >= 4 is 22.8 Å². The SMILES string of the molecule is COC(=O)[C@H]1C(=O)Oc2ccccc2[C@@H]1c1c[nH]c2ccccc12. The molecule has 0 aliphatic carbocycles. The lowest BCUT2D eigenvalue weighted by molar-refractivity contribution is -0.157. The number of hydrogen-bond acceptors (Lipinski definition) is 4. The maximum Gasteiger partial charge on any atom is 0.326 e. The molecule has 5 heteroatoms. The highest BCUT2D eigenvalue weighted by molar-refractivity contribution is 6.00. The second kappa shape index (κ2) is 5.53. The molecule has 1 aromatic heterocycles. The van der Waals surface area contributed by atoms with Gasteiger partial charge in [0.05, 0.1) is 7.11 Å². The minimum atomic E-state index is -1.02. The number of benzene rings is 2. The minimum absolute atomic E-state index is 0.453. The number of nitrogens with one attached hydrogen (secondary N) is 1. The third-order valence-electron chi connectivity index (χ3n) is 4.46. The van der Waals surface area contributed by atoms with E-state index in [1.54, 1.807) is 12.1 Å². The average molecular weight is 321 g/mol. The van der Waals surface area contributed by atoms with Crippen LogP contribution in [0.25, 0.3) is 10.9 Å². The number of fused-ring (bicyclic) bond motifs is 2. The van der Waals surface area contributed by atoms with Gasteiger partial charge in [0, 0.05) is 28.6 Å². The molecule has 24 heavy (non-hydrogen) atoms. The Morgan fingerprint density at radius 2 is 1.83 bits per heavy atom. The van der Waals surface area contributed by atoms with E-state index in [0.29, 0.717) is 5.75 Å². The van der Waals surface area contributed by atoms with Gasteiger partial charge >= 0.3 is 11.9 Å². The number of rotatable bonds is 2. The normalized spacial score (nSPS) is 19.6. The van der Waals surface area contributed by atoms with Gasteiger partial charge in [-0.3, -0.25) is 9.59 Å². The Morgan fingerprint density at radius 3 is 2.67 bits per heavy atom. The van der Waals surface area contributed by atoms with Gasteiger partial charge in [-0.25, -0.2) is 0 Å². The summed E-state index contributed by atoms with van der Waals surface area (Å²) >= 11 is 0. The first-order valence-corrected chi connectivity index (χ1v) is 7.65. The number of para-hydroxylation sites is 2. The van der Waals surface area contributed by atoms with Crippen LogP contribution in [0, 0.1) is 5.92 Å². The van der Waals surface area contributed by atoms with Gasteiger partial charge in [0.1, 0.15) is 5.75 Å². The maximum absolute atomic E-state index is 12.5. The van der Waals surface area contributed by atoms with Gasteiger partial charge in [-0.15, -0.1) is 0 Å². The van der Waals surface area contributed by atoms with E-state index in [0.717, 1.165) is 22.0 Å². The number of methoxy groups -OCH3 is 1. The molecule has 3 aromatic rings. The van der Waals surface area contributed by atoms with Crippen LogP contribution in [0.4, 0.5) is 0 Å². The van der Waals surface area contributed by atoms with Crippen molar-refractivity contribution in [3.8, 4) is 5.75 Å². The first-order valence-electron chi connectivity index (χ1n) is 7.65. The molecule has 4 rings (SSSR count).